The van der Waals surface area contributed by atoms with Gasteiger partial charge in [0.15, 0.2) is 0 Å². The number of carbonyl (C=O) groups is 2. The van der Waals surface area contributed by atoms with E-state index in [1.807, 2.05) is 0 Å². The largest absolute Gasteiger partial charge is 0.506 e. The molecular weight excluding hydrogens is 446 g/mol. The fourth-order valence-electron chi connectivity index (χ4n) is 2.57. The molecule has 0 atom stereocenters. The van der Waals surface area contributed by atoms with Crippen molar-refractivity contribution in [2.75, 3.05) is 16.2 Å². The van der Waals surface area contributed by atoms with E-state index in [9.17, 15) is 23.1 Å². The molecule has 0 aromatic heterocycles. The van der Waals surface area contributed by atoms with Crippen molar-refractivity contribution in [2.24, 2.45) is 5.73 Å². The van der Waals surface area contributed by atoms with Gasteiger partial charge in [-0.3, -0.25) is 14.4 Å². The Morgan fingerprint density at radius 1 is 1.19 bits per heavy atom. The Bertz CT molecular complexity index is 1100. The number of sulfonamides is 1. The second-order valence-electron chi connectivity index (χ2n) is 7.54. The number of carbonyl (C=O) groups excluding carboxylic acids is 2. The fraction of sp³-hybridized carbons (Fsp3) is 0.300. The fourth-order valence-corrected chi connectivity index (χ4v) is 3.97. The van der Waals surface area contributed by atoms with Crippen LogP contribution in [0.5, 0.6) is 5.75 Å². The van der Waals surface area contributed by atoms with E-state index in [1.165, 1.54) is 17.0 Å². The van der Waals surface area contributed by atoms with Crippen LogP contribution in [0.3, 0.4) is 0 Å². The number of halogens is 1. The molecule has 0 fully saturated rings. The number of rotatable bonds is 6. The Morgan fingerprint density at radius 2 is 1.77 bits per heavy atom. The summed E-state index contributed by atoms with van der Waals surface area (Å²) in [4.78, 5) is 24.8. The number of primary amides is 1. The van der Waals surface area contributed by atoms with Crippen LogP contribution in [-0.2, 0) is 14.8 Å². The molecule has 2 aromatic carbocycles. The number of aromatic hydroxyl groups is 1. The number of ether oxygens (including phenoxy) is 1. The third-order valence-corrected chi connectivity index (χ3v) is 5.62. The minimum absolute atomic E-state index is 0.203. The standard InChI is InChI=1S/C20H24ClN3O6S/c1-5-24(19(27)30-20(2,3)4)13-8-6-12(7-9-13)23-31(28,29)14-10-15(18(22)26)17(25)16(21)11-14/h6-11,23,25H,5H2,1-4H3,(H2,22,26). The molecule has 0 aliphatic heterocycles. The van der Waals surface area contributed by atoms with Crippen molar-refractivity contribution in [3.8, 4) is 5.75 Å². The molecule has 0 unspecified atom stereocenters. The first-order chi connectivity index (χ1) is 14.2. The highest BCUT2D eigenvalue weighted by Gasteiger charge is 2.23. The Kier molecular flexibility index (Phi) is 7.07. The minimum Gasteiger partial charge on any atom is -0.506 e. The van der Waals surface area contributed by atoms with E-state index < -0.39 is 38.9 Å². The quantitative estimate of drug-likeness (QED) is 0.589. The van der Waals surface area contributed by atoms with Gasteiger partial charge in [-0.25, -0.2) is 13.2 Å². The van der Waals surface area contributed by atoms with Crippen molar-refractivity contribution < 1.29 is 27.9 Å². The summed E-state index contributed by atoms with van der Waals surface area (Å²) in [7, 11) is -4.15. The summed E-state index contributed by atoms with van der Waals surface area (Å²) in [6.07, 6.45) is -0.527. The number of nitrogens with zero attached hydrogens (tertiary/aromatic N) is 1. The van der Waals surface area contributed by atoms with Crippen LogP contribution < -0.4 is 15.4 Å². The maximum absolute atomic E-state index is 12.7. The second kappa shape index (κ2) is 9.03. The minimum atomic E-state index is -4.15. The highest BCUT2D eigenvalue weighted by Crippen LogP contribution is 2.31. The van der Waals surface area contributed by atoms with Crippen molar-refractivity contribution in [2.45, 2.75) is 38.2 Å². The summed E-state index contributed by atoms with van der Waals surface area (Å²) in [5.41, 5.74) is 4.80. The van der Waals surface area contributed by atoms with Crippen molar-refractivity contribution in [1.29, 1.82) is 0 Å². The van der Waals surface area contributed by atoms with Gasteiger partial charge in [-0.05, 0) is 64.1 Å². The molecule has 2 rings (SSSR count). The van der Waals surface area contributed by atoms with Gasteiger partial charge in [0.05, 0.1) is 15.5 Å². The number of nitrogens with one attached hydrogen (secondary N) is 1. The van der Waals surface area contributed by atoms with E-state index >= 15 is 0 Å². The SMILES string of the molecule is CCN(C(=O)OC(C)(C)C)c1ccc(NS(=O)(=O)c2cc(Cl)c(O)c(C(N)=O)c2)cc1. The molecule has 0 heterocycles. The zero-order chi connectivity index (χ0) is 23.6. The van der Waals surface area contributed by atoms with Crippen molar-refractivity contribution in [1.82, 2.24) is 0 Å². The summed E-state index contributed by atoms with van der Waals surface area (Å²) in [5.74, 6) is -1.62. The zero-order valence-corrected chi connectivity index (χ0v) is 19.0. The van der Waals surface area contributed by atoms with E-state index in [-0.39, 0.29) is 15.6 Å². The van der Waals surface area contributed by atoms with Gasteiger partial charge < -0.3 is 15.6 Å². The normalized spacial score (nSPS) is 11.6. The molecule has 0 radical (unpaired) electrons. The van der Waals surface area contributed by atoms with Crippen molar-refractivity contribution in [3.63, 3.8) is 0 Å². The lowest BCUT2D eigenvalue weighted by Crippen LogP contribution is -2.36. The van der Waals surface area contributed by atoms with Gasteiger partial charge in [0.2, 0.25) is 0 Å². The average molecular weight is 470 g/mol. The predicted molar refractivity (Wildman–Crippen MR) is 118 cm³/mol. The summed E-state index contributed by atoms with van der Waals surface area (Å²) in [6.45, 7) is 7.41. The van der Waals surface area contributed by atoms with Crippen LogP contribution in [0.1, 0.15) is 38.1 Å². The molecule has 2 amide bonds. The predicted octanol–water partition coefficient (Wildman–Crippen LogP) is 3.71. The van der Waals surface area contributed by atoms with E-state index in [4.69, 9.17) is 22.1 Å². The van der Waals surface area contributed by atoms with Crippen LogP contribution in [-0.4, -0.2) is 37.7 Å². The first-order valence-corrected chi connectivity index (χ1v) is 11.1. The van der Waals surface area contributed by atoms with Gasteiger partial charge in [0.1, 0.15) is 11.4 Å². The maximum Gasteiger partial charge on any atom is 0.414 e. The Hall–Kier alpha value is -2.98. The highest BCUT2D eigenvalue weighted by atomic mass is 35.5. The lowest BCUT2D eigenvalue weighted by Gasteiger charge is -2.26. The van der Waals surface area contributed by atoms with Crippen LogP contribution in [0.15, 0.2) is 41.3 Å². The molecule has 0 saturated heterocycles. The summed E-state index contributed by atoms with van der Waals surface area (Å²) >= 11 is 5.82. The summed E-state index contributed by atoms with van der Waals surface area (Å²) in [6, 6.07) is 7.99. The molecule has 0 bridgehead atoms. The van der Waals surface area contributed by atoms with Gasteiger partial charge >= 0.3 is 6.09 Å². The van der Waals surface area contributed by atoms with E-state index in [0.717, 1.165) is 12.1 Å². The molecular formula is C20H24ClN3O6S. The number of anilines is 2. The lowest BCUT2D eigenvalue weighted by atomic mass is 10.2. The Morgan fingerprint density at radius 3 is 2.26 bits per heavy atom. The summed E-state index contributed by atoms with van der Waals surface area (Å²) < 4.78 is 33.1. The first kappa shape index (κ1) is 24.3. The molecule has 168 valence electrons. The molecule has 11 heteroatoms. The number of phenols is 1. The maximum atomic E-state index is 12.7. The van der Waals surface area contributed by atoms with Crippen molar-refractivity contribution in [3.05, 3.63) is 47.0 Å². The average Bonchev–Trinajstić information content (AvgIpc) is 2.63. The molecule has 0 spiro atoms. The lowest BCUT2D eigenvalue weighted by molar-refractivity contribution is 0.0582. The van der Waals surface area contributed by atoms with E-state index in [2.05, 4.69) is 4.72 Å². The van der Waals surface area contributed by atoms with Crippen molar-refractivity contribution >= 4 is 45.0 Å². The van der Waals surface area contributed by atoms with Crippen LogP contribution >= 0.6 is 11.6 Å². The third-order valence-electron chi connectivity index (χ3n) is 3.97. The van der Waals surface area contributed by atoms with Crippen LogP contribution in [0, 0.1) is 0 Å². The molecule has 0 aliphatic carbocycles. The number of amides is 2. The van der Waals surface area contributed by atoms with Crippen LogP contribution in [0.25, 0.3) is 0 Å². The number of hydrogen-bond donors (Lipinski definition) is 3. The van der Waals surface area contributed by atoms with E-state index in [0.29, 0.717) is 12.2 Å². The van der Waals surface area contributed by atoms with Crippen LogP contribution in [0.2, 0.25) is 5.02 Å². The van der Waals surface area contributed by atoms with Gasteiger partial charge in [0, 0.05) is 17.9 Å². The number of hydrogen-bond acceptors (Lipinski definition) is 6. The zero-order valence-electron chi connectivity index (χ0n) is 17.5. The van der Waals surface area contributed by atoms with E-state index in [1.54, 1.807) is 39.8 Å². The number of nitrogens with two attached hydrogens (primary N) is 1. The second-order valence-corrected chi connectivity index (χ2v) is 9.63. The molecule has 2 aromatic rings. The monoisotopic (exact) mass is 469 g/mol. The van der Waals surface area contributed by atoms with Gasteiger partial charge in [-0.2, -0.15) is 0 Å². The Balaban J connectivity index is 2.28. The van der Waals surface area contributed by atoms with Gasteiger partial charge in [0.25, 0.3) is 15.9 Å². The molecule has 9 nitrogen and oxygen atoms in total. The van der Waals surface area contributed by atoms with Crippen LogP contribution in [0.4, 0.5) is 16.2 Å². The number of benzene rings is 2. The molecule has 31 heavy (non-hydrogen) atoms. The topological polar surface area (TPSA) is 139 Å². The third kappa shape index (κ3) is 6.02. The molecule has 4 N–H and O–H groups in total. The van der Waals surface area contributed by atoms with Gasteiger partial charge in [-0.1, -0.05) is 11.6 Å². The smallest absolute Gasteiger partial charge is 0.414 e. The molecule has 0 saturated carbocycles. The highest BCUT2D eigenvalue weighted by molar-refractivity contribution is 7.92. The Labute approximate surface area is 185 Å². The van der Waals surface area contributed by atoms with Gasteiger partial charge in [-0.15, -0.1) is 0 Å². The molecule has 0 aliphatic rings. The first-order valence-electron chi connectivity index (χ1n) is 9.21. The summed E-state index contributed by atoms with van der Waals surface area (Å²) in [5, 5.41) is 9.45.